The third-order valence-electron chi connectivity index (χ3n) is 1.47. The van der Waals surface area contributed by atoms with E-state index < -0.39 is 20.8 Å². The number of aryl methyl sites for hydroxylation is 1. The molecule has 0 unspecified atom stereocenters. The Balaban J connectivity index is 0. The minimum absolute atomic E-state index is 0. The second-order valence-corrected chi connectivity index (χ2v) is 3.72. The quantitative estimate of drug-likeness (QED) is 0.430. The molecule has 7 heteroatoms. The van der Waals surface area contributed by atoms with Crippen LogP contribution in [0.3, 0.4) is 0 Å². The minimum atomic E-state index is -4.56. The van der Waals surface area contributed by atoms with Gasteiger partial charge in [-0.2, -0.15) is 0 Å². The maximum atomic E-state index is 10.5. The van der Waals surface area contributed by atoms with E-state index in [0.717, 1.165) is 6.07 Å². The molecule has 78 valence electrons. The Bertz CT molecular complexity index is 415. The number of para-hydroxylation sites is 1. The molecule has 0 atom stereocenters. The van der Waals surface area contributed by atoms with Gasteiger partial charge in [0, 0.05) is 0 Å². The van der Waals surface area contributed by atoms with Crippen LogP contribution in [0.15, 0.2) is 23.1 Å². The Kier molecular flexibility index (Phi) is 7.90. The number of carbonyl (C=O) groups is 1. The molecular formula is C8H9NaO5S. The molecule has 0 heterocycles. The fourth-order valence-electron chi connectivity index (χ4n) is 0.834. The number of hydrogen-bond donors (Lipinski definition) is 1. The van der Waals surface area contributed by atoms with Crippen LogP contribution in [0, 0.1) is 6.92 Å². The first-order valence-electron chi connectivity index (χ1n) is 3.46. The van der Waals surface area contributed by atoms with Crippen LogP contribution in [0.5, 0.6) is 5.75 Å². The van der Waals surface area contributed by atoms with Crippen molar-refractivity contribution in [3.8, 4) is 5.75 Å². The molecule has 0 bridgehead atoms. The standard InChI is InChI=1S/C7H8O4S.CH2O.Na/c1-5-3-2-4-6(7(5)8)12(9,10)11;1-2;/h2-4,8H,1H3,(H,9,10,11);1H2;/q;;+1/p-1. The fourth-order valence-corrected chi connectivity index (χ4v) is 1.48. The Hall–Kier alpha value is -0.400. The van der Waals surface area contributed by atoms with Crippen molar-refractivity contribution < 1.29 is 52.4 Å². The Labute approximate surface area is 110 Å². The molecule has 5 nitrogen and oxygen atoms in total. The second-order valence-electron chi connectivity index (χ2n) is 2.38. The van der Waals surface area contributed by atoms with Gasteiger partial charge in [-0.3, -0.25) is 0 Å². The number of phenols is 1. The zero-order chi connectivity index (χ0) is 11.4. The van der Waals surface area contributed by atoms with Gasteiger partial charge in [0.25, 0.3) is 0 Å². The monoisotopic (exact) mass is 240 g/mol. The maximum Gasteiger partial charge on any atom is 1.00 e. The van der Waals surface area contributed by atoms with Crippen molar-refractivity contribution in [2.24, 2.45) is 0 Å². The summed E-state index contributed by atoms with van der Waals surface area (Å²) < 4.78 is 31.5. The molecule has 1 rings (SSSR count). The van der Waals surface area contributed by atoms with Gasteiger partial charge in [-0.05, 0) is 18.6 Å². The van der Waals surface area contributed by atoms with Crippen LogP contribution < -0.4 is 29.6 Å². The summed E-state index contributed by atoms with van der Waals surface area (Å²) in [5.74, 6) is -0.465. The number of phenolic OH excluding ortho intramolecular Hbond substituents is 1. The molecule has 1 aromatic carbocycles. The topological polar surface area (TPSA) is 94.5 Å². The van der Waals surface area contributed by atoms with Crippen molar-refractivity contribution in [2.45, 2.75) is 11.8 Å². The van der Waals surface area contributed by atoms with Crippen LogP contribution in [0.2, 0.25) is 0 Å². The Morgan fingerprint density at radius 2 is 1.80 bits per heavy atom. The van der Waals surface area contributed by atoms with E-state index in [1.165, 1.54) is 19.1 Å². The molecule has 0 aliphatic carbocycles. The van der Waals surface area contributed by atoms with Crippen molar-refractivity contribution >= 4 is 16.9 Å². The number of rotatable bonds is 1. The van der Waals surface area contributed by atoms with E-state index in [1.54, 1.807) is 0 Å². The van der Waals surface area contributed by atoms with E-state index in [9.17, 15) is 13.0 Å². The van der Waals surface area contributed by atoms with E-state index >= 15 is 0 Å². The van der Waals surface area contributed by atoms with E-state index in [4.69, 9.17) is 9.90 Å². The fraction of sp³-hybridized carbons (Fsp3) is 0.125. The van der Waals surface area contributed by atoms with Gasteiger partial charge in [0.2, 0.25) is 0 Å². The zero-order valence-electron chi connectivity index (χ0n) is 8.43. The summed E-state index contributed by atoms with van der Waals surface area (Å²) in [5, 5.41) is 9.15. The van der Waals surface area contributed by atoms with Crippen molar-refractivity contribution in [1.82, 2.24) is 0 Å². The number of carbonyl (C=O) groups excluding carboxylic acids is 1. The first-order chi connectivity index (χ1) is 6.43. The molecule has 0 aromatic heterocycles. The smallest absolute Gasteiger partial charge is 0.744 e. The van der Waals surface area contributed by atoms with Gasteiger partial charge >= 0.3 is 29.6 Å². The van der Waals surface area contributed by atoms with E-state index in [1.807, 2.05) is 6.79 Å². The maximum absolute atomic E-state index is 10.5. The normalized spacial score (nSPS) is 9.47. The predicted molar refractivity (Wildman–Crippen MR) is 47.9 cm³/mol. The van der Waals surface area contributed by atoms with Crippen LogP contribution in [0.1, 0.15) is 5.56 Å². The van der Waals surface area contributed by atoms with E-state index in [2.05, 4.69) is 0 Å². The molecule has 1 N–H and O–H groups in total. The number of benzene rings is 1. The van der Waals surface area contributed by atoms with Crippen LogP contribution >= 0.6 is 0 Å². The summed E-state index contributed by atoms with van der Waals surface area (Å²) in [6, 6.07) is 3.99. The minimum Gasteiger partial charge on any atom is -0.744 e. The number of aromatic hydroxyl groups is 1. The van der Waals surface area contributed by atoms with Gasteiger partial charge in [0.15, 0.2) is 0 Å². The third kappa shape index (κ3) is 4.76. The van der Waals surface area contributed by atoms with Crippen molar-refractivity contribution in [3.05, 3.63) is 23.8 Å². The third-order valence-corrected chi connectivity index (χ3v) is 2.34. The molecule has 0 radical (unpaired) electrons. The number of hydrogen-bond acceptors (Lipinski definition) is 5. The SMILES string of the molecule is C=O.Cc1cccc(S(=O)(=O)[O-])c1O.[Na+]. The molecule has 1 aromatic rings. The molecule has 0 spiro atoms. The zero-order valence-corrected chi connectivity index (χ0v) is 11.2. The average Bonchev–Trinajstić information content (AvgIpc) is 2.11. The molecule has 0 aliphatic rings. The molecule has 0 saturated carbocycles. The largest absolute Gasteiger partial charge is 1.00 e. The predicted octanol–water partition coefficient (Wildman–Crippen LogP) is -2.58. The van der Waals surface area contributed by atoms with Crippen molar-refractivity contribution in [2.75, 3.05) is 0 Å². The van der Waals surface area contributed by atoms with Gasteiger partial charge in [0.1, 0.15) is 22.7 Å². The second kappa shape index (κ2) is 6.97. The molecule has 0 amide bonds. The van der Waals surface area contributed by atoms with Crippen molar-refractivity contribution in [3.63, 3.8) is 0 Å². The molecule has 0 aliphatic heterocycles. The van der Waals surface area contributed by atoms with Gasteiger partial charge < -0.3 is 14.5 Å². The summed E-state index contributed by atoms with van der Waals surface area (Å²) in [7, 11) is -4.56. The Morgan fingerprint density at radius 1 is 1.33 bits per heavy atom. The van der Waals surface area contributed by atoms with Crippen LogP contribution in [-0.2, 0) is 14.9 Å². The average molecular weight is 240 g/mol. The summed E-state index contributed by atoms with van der Waals surface area (Å²) >= 11 is 0. The van der Waals surface area contributed by atoms with Gasteiger partial charge in [-0.25, -0.2) is 8.42 Å². The first-order valence-corrected chi connectivity index (χ1v) is 4.87. The molecular weight excluding hydrogens is 231 g/mol. The van der Waals surface area contributed by atoms with E-state index in [0.29, 0.717) is 5.56 Å². The molecule has 0 saturated heterocycles. The van der Waals surface area contributed by atoms with Gasteiger partial charge in [-0.15, -0.1) is 0 Å². The molecule has 15 heavy (non-hydrogen) atoms. The summed E-state index contributed by atoms with van der Waals surface area (Å²) in [6.45, 7) is 3.52. The Morgan fingerprint density at radius 3 is 2.13 bits per heavy atom. The molecule has 0 fully saturated rings. The van der Waals surface area contributed by atoms with Crippen molar-refractivity contribution in [1.29, 1.82) is 0 Å². The van der Waals surface area contributed by atoms with E-state index in [-0.39, 0.29) is 29.6 Å². The first kappa shape index (κ1) is 17.0. The summed E-state index contributed by atoms with van der Waals surface area (Å²) in [4.78, 5) is 7.43. The van der Waals surface area contributed by atoms with Crippen LogP contribution in [0.4, 0.5) is 0 Å². The van der Waals surface area contributed by atoms with Gasteiger partial charge in [0.05, 0.1) is 4.90 Å². The van der Waals surface area contributed by atoms with Crippen LogP contribution in [0.25, 0.3) is 0 Å². The van der Waals surface area contributed by atoms with Crippen LogP contribution in [-0.4, -0.2) is 24.9 Å². The van der Waals surface area contributed by atoms with Gasteiger partial charge in [-0.1, -0.05) is 12.1 Å². The summed E-state index contributed by atoms with van der Waals surface area (Å²) in [5.41, 5.74) is 0.368. The summed E-state index contributed by atoms with van der Waals surface area (Å²) in [6.07, 6.45) is 0.